The maximum atomic E-state index is 13.8. The number of rotatable bonds is 5. The van der Waals surface area contributed by atoms with Gasteiger partial charge >= 0.3 is 12.1 Å². The molecule has 5 aliphatic carbocycles. The fraction of sp³-hybridized carbons (Fsp3) is 0.868. The number of ketones is 1. The third-order valence-electron chi connectivity index (χ3n) is 14.1. The van der Waals surface area contributed by atoms with Gasteiger partial charge in [0.25, 0.3) is 0 Å². The van der Waals surface area contributed by atoms with E-state index < -0.39 is 5.60 Å². The summed E-state index contributed by atoms with van der Waals surface area (Å²) in [6.07, 6.45) is 9.85. The number of nitrogens with one attached hydrogen (secondary N) is 1. The van der Waals surface area contributed by atoms with Crippen molar-refractivity contribution in [3.63, 3.8) is 0 Å². The predicted octanol–water partition coefficient (Wildman–Crippen LogP) is 8.81. The van der Waals surface area contributed by atoms with Crippen LogP contribution in [0.1, 0.15) is 140 Å². The number of ether oxygens (including phenoxy) is 2. The fourth-order valence-electron chi connectivity index (χ4n) is 12.2. The summed E-state index contributed by atoms with van der Waals surface area (Å²) in [6, 6.07) is 0. The zero-order chi connectivity index (χ0) is 32.7. The van der Waals surface area contributed by atoms with Crippen LogP contribution in [0.4, 0.5) is 4.79 Å². The highest BCUT2D eigenvalue weighted by Crippen LogP contribution is 2.77. The molecular formula is C38H61NO5. The predicted molar refractivity (Wildman–Crippen MR) is 174 cm³/mol. The van der Waals surface area contributed by atoms with Crippen LogP contribution in [0.3, 0.4) is 0 Å². The van der Waals surface area contributed by atoms with Crippen molar-refractivity contribution < 1.29 is 23.9 Å². The van der Waals surface area contributed by atoms with Gasteiger partial charge in [-0.1, -0.05) is 54.0 Å². The second kappa shape index (κ2) is 10.9. The number of allylic oxidation sites excluding steroid dienone is 2. The van der Waals surface area contributed by atoms with Crippen LogP contribution in [0.15, 0.2) is 11.1 Å². The molecular weight excluding hydrogens is 550 g/mol. The van der Waals surface area contributed by atoms with Gasteiger partial charge in [0.05, 0.1) is 0 Å². The van der Waals surface area contributed by atoms with E-state index in [1.54, 1.807) is 6.92 Å². The Hall–Kier alpha value is -1.85. The van der Waals surface area contributed by atoms with Crippen LogP contribution in [-0.2, 0) is 19.1 Å². The lowest BCUT2D eigenvalue weighted by atomic mass is 9.33. The van der Waals surface area contributed by atoms with E-state index in [-0.39, 0.29) is 51.2 Å². The van der Waals surface area contributed by atoms with Gasteiger partial charge in [0.2, 0.25) is 0 Å². The summed E-state index contributed by atoms with van der Waals surface area (Å²) in [6.45, 7) is 24.6. The summed E-state index contributed by atoms with van der Waals surface area (Å²) >= 11 is 0. The van der Waals surface area contributed by atoms with Crippen molar-refractivity contribution in [2.24, 2.45) is 50.7 Å². The lowest BCUT2D eigenvalue weighted by Gasteiger charge is -2.72. The Bertz CT molecular complexity index is 1230. The molecule has 1 N–H and O–H groups in total. The fourth-order valence-corrected chi connectivity index (χ4v) is 12.2. The van der Waals surface area contributed by atoms with E-state index in [0.29, 0.717) is 36.5 Å². The Morgan fingerprint density at radius 2 is 1.59 bits per heavy atom. The van der Waals surface area contributed by atoms with Gasteiger partial charge in [0.1, 0.15) is 11.7 Å². The number of amides is 1. The Kier molecular flexibility index (Phi) is 8.27. The summed E-state index contributed by atoms with van der Waals surface area (Å²) in [5, 5.41) is 3.02. The van der Waals surface area contributed by atoms with Gasteiger partial charge in [0, 0.05) is 30.7 Å². The van der Waals surface area contributed by atoms with Gasteiger partial charge in [-0.2, -0.15) is 0 Å². The first-order valence-corrected chi connectivity index (χ1v) is 17.6. The molecule has 6 heteroatoms. The van der Waals surface area contributed by atoms with Gasteiger partial charge in [-0.25, -0.2) is 4.79 Å². The maximum absolute atomic E-state index is 13.8. The summed E-state index contributed by atoms with van der Waals surface area (Å²) in [4.78, 5) is 38.4. The molecule has 0 bridgehead atoms. The van der Waals surface area contributed by atoms with Crippen LogP contribution in [0, 0.1) is 50.7 Å². The van der Waals surface area contributed by atoms with Gasteiger partial charge in [-0.15, -0.1) is 0 Å². The zero-order valence-corrected chi connectivity index (χ0v) is 29.7. The van der Waals surface area contributed by atoms with E-state index in [0.717, 1.165) is 50.5 Å². The topological polar surface area (TPSA) is 81.7 Å². The molecule has 4 saturated carbocycles. The number of alkyl carbamates (subject to hydrolysis) is 1. The standard InChI is InChI=1S/C38H61NO5/c1-23(2)30-26(41)22-38(20-21-39-32(42)44-33(4,5)6)19-18-36(10)25(31(30)38)12-13-28-35(9)16-15-29(43-24(3)40)34(7,8)27(35)14-17-37(28,36)11/h23,25,27-29H,12-22H2,1-11H3,(H,39,42). The van der Waals surface area contributed by atoms with Crippen molar-refractivity contribution in [1.29, 1.82) is 0 Å². The molecule has 0 aromatic heterocycles. The molecule has 0 aromatic rings. The van der Waals surface area contributed by atoms with Crippen LogP contribution in [-0.4, -0.2) is 36.1 Å². The van der Waals surface area contributed by atoms with E-state index >= 15 is 0 Å². The minimum absolute atomic E-state index is 0.0119. The van der Waals surface area contributed by atoms with E-state index in [4.69, 9.17) is 9.47 Å². The monoisotopic (exact) mass is 611 g/mol. The molecule has 0 radical (unpaired) electrons. The summed E-state index contributed by atoms with van der Waals surface area (Å²) in [5.74, 6) is 1.91. The number of Topliss-reactive ketones (excluding diaryl/α,β-unsaturated/α-hetero) is 1. The highest BCUT2D eigenvalue weighted by atomic mass is 16.6. The molecule has 5 rings (SSSR count). The van der Waals surface area contributed by atoms with Crippen LogP contribution in [0.5, 0.6) is 0 Å². The average Bonchev–Trinajstić information content (AvgIpc) is 3.17. The second-order valence-electron chi connectivity index (χ2n) is 18.1. The lowest BCUT2D eigenvalue weighted by Crippen LogP contribution is -2.65. The molecule has 8 unspecified atom stereocenters. The van der Waals surface area contributed by atoms with Crippen LogP contribution in [0.2, 0.25) is 0 Å². The normalized spacial score (nSPS) is 41.3. The van der Waals surface area contributed by atoms with E-state index in [1.165, 1.54) is 18.4 Å². The Morgan fingerprint density at radius 1 is 0.909 bits per heavy atom. The molecule has 5 aliphatic rings. The van der Waals surface area contributed by atoms with Crippen molar-refractivity contribution in [3.8, 4) is 0 Å². The minimum atomic E-state index is -0.535. The van der Waals surface area contributed by atoms with Crippen molar-refractivity contribution >= 4 is 17.8 Å². The third kappa shape index (κ3) is 5.07. The third-order valence-corrected chi connectivity index (χ3v) is 14.1. The first kappa shape index (κ1) is 33.5. The molecule has 0 saturated heterocycles. The molecule has 0 aliphatic heterocycles. The zero-order valence-electron chi connectivity index (χ0n) is 29.7. The molecule has 0 aromatic carbocycles. The molecule has 0 spiro atoms. The number of carbonyl (C=O) groups is 3. The largest absolute Gasteiger partial charge is 0.462 e. The number of fused-ring (bicyclic) bond motifs is 7. The summed E-state index contributed by atoms with van der Waals surface area (Å²) < 4.78 is 11.5. The first-order valence-electron chi connectivity index (χ1n) is 17.6. The SMILES string of the molecule is CC(=O)OC1CCC2(C)C(CCC3(C)C2CCC2C4=C(C(C)C)C(=O)CC4(CCNC(=O)OC(C)(C)C)CCC23C)C1(C)C. The highest BCUT2D eigenvalue weighted by molar-refractivity contribution is 6.00. The molecule has 6 nitrogen and oxygen atoms in total. The Balaban J connectivity index is 1.46. The second-order valence-corrected chi connectivity index (χ2v) is 18.1. The number of hydrogen-bond donors (Lipinski definition) is 1. The Labute approximate surface area is 267 Å². The summed E-state index contributed by atoms with van der Waals surface area (Å²) in [7, 11) is 0. The van der Waals surface area contributed by atoms with E-state index in [2.05, 4.69) is 53.8 Å². The van der Waals surface area contributed by atoms with Gasteiger partial charge < -0.3 is 14.8 Å². The van der Waals surface area contributed by atoms with E-state index in [1.807, 2.05) is 20.8 Å². The first-order chi connectivity index (χ1) is 20.2. The van der Waals surface area contributed by atoms with Crippen molar-refractivity contribution in [1.82, 2.24) is 5.32 Å². The van der Waals surface area contributed by atoms with Gasteiger partial charge in [-0.3, -0.25) is 9.59 Å². The minimum Gasteiger partial charge on any atom is -0.462 e. The van der Waals surface area contributed by atoms with Crippen molar-refractivity contribution in [3.05, 3.63) is 11.1 Å². The number of esters is 1. The summed E-state index contributed by atoms with van der Waals surface area (Å²) in [5.41, 5.74) is 2.30. The molecule has 1 amide bonds. The van der Waals surface area contributed by atoms with Crippen molar-refractivity contribution in [2.45, 2.75) is 152 Å². The highest BCUT2D eigenvalue weighted by Gasteiger charge is 2.70. The molecule has 44 heavy (non-hydrogen) atoms. The number of hydrogen-bond acceptors (Lipinski definition) is 5. The molecule has 4 fully saturated rings. The van der Waals surface area contributed by atoms with E-state index in [9.17, 15) is 14.4 Å². The van der Waals surface area contributed by atoms with Gasteiger partial charge in [0.15, 0.2) is 5.78 Å². The van der Waals surface area contributed by atoms with Crippen LogP contribution >= 0.6 is 0 Å². The molecule has 248 valence electrons. The quantitative estimate of drug-likeness (QED) is 0.314. The number of carbonyl (C=O) groups excluding carboxylic acids is 3. The average molecular weight is 612 g/mol. The molecule has 8 atom stereocenters. The van der Waals surface area contributed by atoms with Crippen LogP contribution in [0.25, 0.3) is 0 Å². The van der Waals surface area contributed by atoms with Crippen molar-refractivity contribution in [2.75, 3.05) is 6.54 Å². The smallest absolute Gasteiger partial charge is 0.407 e. The lowest BCUT2D eigenvalue weighted by molar-refractivity contribution is -0.232. The van der Waals surface area contributed by atoms with Crippen LogP contribution < -0.4 is 5.32 Å². The Morgan fingerprint density at radius 3 is 2.20 bits per heavy atom. The maximum Gasteiger partial charge on any atom is 0.407 e. The van der Waals surface area contributed by atoms with Gasteiger partial charge in [-0.05, 0) is 124 Å². The molecule has 0 heterocycles.